The van der Waals surface area contributed by atoms with Crippen LogP contribution in [0.4, 0.5) is 0 Å². The second-order valence-electron chi connectivity index (χ2n) is 5.42. The highest BCUT2D eigenvalue weighted by Crippen LogP contribution is 2.29. The zero-order valence-electron chi connectivity index (χ0n) is 11.4. The van der Waals surface area contributed by atoms with Gasteiger partial charge in [0, 0.05) is 21.5 Å². The predicted octanol–water partition coefficient (Wildman–Crippen LogP) is 3.92. The van der Waals surface area contributed by atoms with E-state index in [-0.39, 0.29) is 0 Å². The Balaban J connectivity index is 2.27. The van der Waals surface area contributed by atoms with Crippen molar-refractivity contribution < 1.29 is 0 Å². The minimum Gasteiger partial charge on any atom is -0.292 e. The van der Waals surface area contributed by atoms with Crippen LogP contribution in [0.3, 0.4) is 0 Å². The molecule has 2 heteroatoms. The van der Waals surface area contributed by atoms with Gasteiger partial charge in [0.15, 0.2) is 0 Å². The molecule has 0 amide bonds. The summed E-state index contributed by atoms with van der Waals surface area (Å²) in [5, 5.41) is 5.88. The highest BCUT2D eigenvalue weighted by Gasteiger charge is 2.12. The highest BCUT2D eigenvalue weighted by molar-refractivity contribution is 6.15. The number of rotatable bonds is 0. The molecule has 2 aromatic heterocycles. The van der Waals surface area contributed by atoms with E-state index in [0.717, 1.165) is 22.0 Å². The third kappa shape index (κ3) is 1.24. The van der Waals surface area contributed by atoms with Gasteiger partial charge in [0.25, 0.3) is 0 Å². The van der Waals surface area contributed by atoms with Crippen LogP contribution in [-0.2, 0) is 0 Å². The summed E-state index contributed by atoms with van der Waals surface area (Å²) in [4.78, 5) is 4.83. The number of imidazole rings is 1. The van der Waals surface area contributed by atoms with Crippen molar-refractivity contribution in [3.05, 3.63) is 66.0 Å². The van der Waals surface area contributed by atoms with E-state index in [0.29, 0.717) is 0 Å². The molecule has 0 bridgehead atoms. The zero-order valence-corrected chi connectivity index (χ0v) is 11.4. The van der Waals surface area contributed by atoms with Crippen LogP contribution >= 0.6 is 0 Å². The van der Waals surface area contributed by atoms with E-state index in [1.807, 2.05) is 12.1 Å². The Labute approximate surface area is 120 Å². The molecule has 0 fully saturated rings. The molecule has 21 heavy (non-hydrogen) atoms. The summed E-state index contributed by atoms with van der Waals surface area (Å²) in [5.74, 6) is 0. The number of para-hydroxylation sites is 2. The molecule has 0 saturated heterocycles. The maximum Gasteiger partial charge on any atom is 0.146 e. The number of aromatic nitrogens is 2. The zero-order chi connectivity index (χ0) is 14.0. The number of fused-ring (bicyclic) bond motifs is 4. The van der Waals surface area contributed by atoms with Crippen molar-refractivity contribution in [2.45, 2.75) is 0 Å². The van der Waals surface area contributed by atoms with Crippen LogP contribution in [0.15, 0.2) is 60.7 Å². The Morgan fingerprint density at radius 3 is 2.43 bits per heavy atom. The van der Waals surface area contributed by atoms with Crippen LogP contribution < -0.4 is 5.35 Å². The van der Waals surface area contributed by atoms with Crippen molar-refractivity contribution in [2.75, 3.05) is 0 Å². The Kier molecular flexibility index (Phi) is 1.87. The lowest BCUT2D eigenvalue weighted by Crippen LogP contribution is -2.12. The summed E-state index contributed by atoms with van der Waals surface area (Å²) in [7, 11) is 0. The van der Waals surface area contributed by atoms with Crippen molar-refractivity contribution >= 4 is 44.8 Å². The van der Waals surface area contributed by atoms with Crippen LogP contribution in [0.25, 0.3) is 44.8 Å². The van der Waals surface area contributed by atoms with Gasteiger partial charge in [0.2, 0.25) is 0 Å². The van der Waals surface area contributed by atoms with Gasteiger partial charge in [-0.1, -0.05) is 55.1 Å². The SMILES string of the molecule is C=c1c2cccc3cccc(c32)c2nc3ccccc3n12. The van der Waals surface area contributed by atoms with Gasteiger partial charge < -0.3 is 0 Å². The second kappa shape index (κ2) is 3.61. The average Bonchev–Trinajstić information content (AvgIpc) is 2.92. The van der Waals surface area contributed by atoms with Gasteiger partial charge in [-0.3, -0.25) is 4.40 Å². The lowest BCUT2D eigenvalue weighted by molar-refractivity contribution is 1.21. The summed E-state index contributed by atoms with van der Waals surface area (Å²) in [6.07, 6.45) is 0. The van der Waals surface area contributed by atoms with Crippen LogP contribution in [0, 0.1) is 0 Å². The molecule has 0 N–H and O–H groups in total. The number of nitrogens with zero attached hydrogens (tertiary/aromatic N) is 2. The molecular formula is C19H12N2. The molecule has 0 saturated carbocycles. The maximum atomic E-state index is 4.83. The molecule has 0 atom stereocenters. The molecule has 5 rings (SSSR count). The number of hydrogen-bond donors (Lipinski definition) is 0. The van der Waals surface area contributed by atoms with Gasteiger partial charge in [-0.05, 0) is 17.5 Å². The molecule has 0 aliphatic heterocycles. The third-order valence-electron chi connectivity index (χ3n) is 4.29. The molecule has 3 aromatic carbocycles. The molecule has 0 unspecified atom stereocenters. The Morgan fingerprint density at radius 2 is 1.57 bits per heavy atom. The van der Waals surface area contributed by atoms with Crippen molar-refractivity contribution in [3.63, 3.8) is 0 Å². The van der Waals surface area contributed by atoms with E-state index in [2.05, 4.69) is 59.5 Å². The summed E-state index contributed by atoms with van der Waals surface area (Å²) < 4.78 is 2.17. The first-order valence-electron chi connectivity index (χ1n) is 7.04. The van der Waals surface area contributed by atoms with E-state index >= 15 is 0 Å². The molecular weight excluding hydrogens is 256 g/mol. The number of benzene rings is 3. The van der Waals surface area contributed by atoms with Crippen molar-refractivity contribution in [1.82, 2.24) is 9.38 Å². The maximum absolute atomic E-state index is 4.83. The quantitative estimate of drug-likeness (QED) is 0.416. The molecule has 98 valence electrons. The van der Waals surface area contributed by atoms with E-state index in [1.54, 1.807) is 0 Å². The van der Waals surface area contributed by atoms with Crippen molar-refractivity contribution in [2.24, 2.45) is 0 Å². The van der Waals surface area contributed by atoms with Gasteiger partial charge >= 0.3 is 0 Å². The standard InChI is InChI=1S/C19H12N2/c1-12-14-8-4-6-13-7-5-9-15(18(13)14)19-20-16-10-2-3-11-17(16)21(12)19/h2-11H,1H2. The highest BCUT2D eigenvalue weighted by atomic mass is 15.0. The van der Waals surface area contributed by atoms with Crippen molar-refractivity contribution in [3.8, 4) is 0 Å². The first kappa shape index (κ1) is 10.9. The molecule has 2 heterocycles. The van der Waals surface area contributed by atoms with Crippen molar-refractivity contribution in [1.29, 1.82) is 0 Å². The normalized spacial score (nSPS) is 12.0. The summed E-state index contributed by atoms with van der Waals surface area (Å²) >= 11 is 0. The summed E-state index contributed by atoms with van der Waals surface area (Å²) in [5.41, 5.74) is 3.12. The second-order valence-corrected chi connectivity index (χ2v) is 5.42. The average molecular weight is 268 g/mol. The third-order valence-corrected chi connectivity index (χ3v) is 4.29. The molecule has 0 radical (unpaired) electrons. The minimum atomic E-state index is 0.991. The lowest BCUT2D eigenvalue weighted by Gasteiger charge is -2.08. The smallest absolute Gasteiger partial charge is 0.146 e. The number of hydrogen-bond acceptors (Lipinski definition) is 1. The lowest BCUT2D eigenvalue weighted by atomic mass is 10.0. The predicted molar refractivity (Wildman–Crippen MR) is 88.5 cm³/mol. The first-order chi connectivity index (χ1) is 10.3. The van der Waals surface area contributed by atoms with Gasteiger partial charge in [0.05, 0.1) is 11.0 Å². The fraction of sp³-hybridized carbons (Fsp3) is 0. The molecule has 5 aromatic rings. The molecule has 2 nitrogen and oxygen atoms in total. The molecule has 0 spiro atoms. The van der Waals surface area contributed by atoms with Crippen LogP contribution in [0.1, 0.15) is 0 Å². The Morgan fingerprint density at radius 1 is 0.810 bits per heavy atom. The summed E-state index contributed by atoms with van der Waals surface area (Å²) in [6.45, 7) is 4.32. The Hall–Kier alpha value is -2.87. The van der Waals surface area contributed by atoms with E-state index < -0.39 is 0 Å². The molecule has 0 aliphatic rings. The fourth-order valence-corrected chi connectivity index (χ4v) is 3.37. The van der Waals surface area contributed by atoms with Crippen LogP contribution in [0.2, 0.25) is 0 Å². The van der Waals surface area contributed by atoms with Crippen LogP contribution in [-0.4, -0.2) is 9.38 Å². The first-order valence-corrected chi connectivity index (χ1v) is 7.04. The number of pyridine rings is 1. The minimum absolute atomic E-state index is 0.991. The fourth-order valence-electron chi connectivity index (χ4n) is 3.37. The Bertz CT molecular complexity index is 1190. The van der Waals surface area contributed by atoms with Gasteiger partial charge in [-0.25, -0.2) is 4.98 Å². The monoisotopic (exact) mass is 268 g/mol. The topological polar surface area (TPSA) is 17.3 Å². The largest absolute Gasteiger partial charge is 0.292 e. The van der Waals surface area contributed by atoms with Gasteiger partial charge in [-0.15, -0.1) is 0 Å². The van der Waals surface area contributed by atoms with E-state index in [4.69, 9.17) is 4.98 Å². The molecule has 0 aliphatic carbocycles. The van der Waals surface area contributed by atoms with E-state index in [9.17, 15) is 0 Å². The van der Waals surface area contributed by atoms with Gasteiger partial charge in [-0.2, -0.15) is 0 Å². The van der Waals surface area contributed by atoms with Crippen LogP contribution in [0.5, 0.6) is 0 Å². The van der Waals surface area contributed by atoms with E-state index in [1.165, 1.54) is 21.5 Å². The van der Waals surface area contributed by atoms with Gasteiger partial charge in [0.1, 0.15) is 5.65 Å². The summed E-state index contributed by atoms with van der Waals surface area (Å²) in [6, 6.07) is 21.0.